The Morgan fingerprint density at radius 3 is 1.08 bits per heavy atom. The Balaban J connectivity index is 0.000000244. The zero-order valence-corrected chi connectivity index (χ0v) is 35.9. The Kier molecular flexibility index (Phi) is 16.2. The first kappa shape index (κ1) is 46.8. The van der Waals surface area contributed by atoms with Gasteiger partial charge in [0.05, 0.1) is 0 Å². The van der Waals surface area contributed by atoms with Crippen LogP contribution in [0.2, 0.25) is 0 Å². The zero-order chi connectivity index (χ0) is 43.7. The van der Waals surface area contributed by atoms with Gasteiger partial charge in [0.25, 0.3) is 0 Å². The number of halogens is 8. The number of benzene rings is 6. The molecule has 0 fully saturated rings. The number of hydrogen-bond donors (Lipinski definition) is 2. The fraction of sp³-hybridized carbons (Fsp3) is 0.174. The van der Waals surface area contributed by atoms with E-state index in [1.54, 1.807) is 12.1 Å². The average molecular weight is 886 g/mol. The van der Waals surface area contributed by atoms with E-state index in [-0.39, 0.29) is 11.5 Å². The Hall–Kier alpha value is -4.87. The molecule has 2 N–H and O–H groups in total. The van der Waals surface area contributed by atoms with Crippen molar-refractivity contribution in [3.8, 4) is 11.5 Å². The predicted octanol–water partition coefficient (Wildman–Crippen LogP) is 13.8. The molecular weight excluding hydrogens is 845 g/mol. The summed E-state index contributed by atoms with van der Waals surface area (Å²) in [6.07, 6.45) is 2.37. The second-order valence-electron chi connectivity index (χ2n) is 14.5. The molecule has 0 aliphatic carbocycles. The molecular formula is C46H40Cl2F6N2O2Ti. The van der Waals surface area contributed by atoms with E-state index in [9.17, 15) is 36.6 Å². The summed E-state index contributed by atoms with van der Waals surface area (Å²) in [5, 5.41) is 21.7. The van der Waals surface area contributed by atoms with Gasteiger partial charge in [-0.15, -0.1) is 0 Å². The number of aryl methyl sites for hydroxylation is 2. The zero-order valence-electron chi connectivity index (χ0n) is 32.9. The summed E-state index contributed by atoms with van der Waals surface area (Å²) < 4.78 is 81.4. The quantitative estimate of drug-likeness (QED) is 0.0908. The van der Waals surface area contributed by atoms with Crippen LogP contribution < -0.4 is 0 Å². The molecule has 6 rings (SSSR count). The van der Waals surface area contributed by atoms with Gasteiger partial charge in [-0.1, -0.05) is 100 Å². The van der Waals surface area contributed by atoms with Gasteiger partial charge in [-0.25, -0.2) is 36.3 Å². The van der Waals surface area contributed by atoms with Gasteiger partial charge in [0, 0.05) is 69.8 Å². The molecule has 0 aliphatic rings. The van der Waals surface area contributed by atoms with Crippen LogP contribution in [0.15, 0.2) is 119 Å². The van der Waals surface area contributed by atoms with Gasteiger partial charge in [0.2, 0.25) is 0 Å². The third-order valence-electron chi connectivity index (χ3n) is 9.53. The molecule has 0 saturated carbocycles. The van der Waals surface area contributed by atoms with Crippen LogP contribution in [-0.4, -0.2) is 22.6 Å². The van der Waals surface area contributed by atoms with Gasteiger partial charge in [-0.05, 0) is 48.2 Å². The first-order valence-electron chi connectivity index (χ1n) is 17.9. The Morgan fingerprint density at radius 1 is 0.508 bits per heavy atom. The van der Waals surface area contributed by atoms with Crippen LogP contribution >= 0.6 is 18.6 Å². The average Bonchev–Trinajstić information content (AvgIpc) is 3.17. The predicted molar refractivity (Wildman–Crippen MR) is 222 cm³/mol. The summed E-state index contributed by atoms with van der Waals surface area (Å²) in [6.45, 7) is 11.7. The monoisotopic (exact) mass is 884 g/mol. The van der Waals surface area contributed by atoms with Crippen molar-refractivity contribution in [2.75, 3.05) is 0 Å². The Bertz CT molecular complexity index is 2250. The normalized spacial score (nSPS) is 11.6. The van der Waals surface area contributed by atoms with E-state index in [2.05, 4.69) is 9.98 Å². The third-order valence-corrected chi connectivity index (χ3v) is 9.53. The van der Waals surface area contributed by atoms with Crippen molar-refractivity contribution in [3.63, 3.8) is 0 Å². The second kappa shape index (κ2) is 20.4. The summed E-state index contributed by atoms with van der Waals surface area (Å²) in [5.41, 5.74) is 3.49. The van der Waals surface area contributed by atoms with Crippen molar-refractivity contribution in [2.24, 2.45) is 9.98 Å². The SMILES string of the molecule is Cc1cc(C=Nc2c(F)cc(F)cc2F)c(O)c(C(C)(C)c2ccccc2)c1.Cc1cc(C=Nc2c(F)cc(F)cc2F)c(O)c(C(C)(C)c2ccccc2)c1.[Cl][Ti][Cl]. The van der Waals surface area contributed by atoms with Gasteiger partial charge in [-0.2, -0.15) is 0 Å². The van der Waals surface area contributed by atoms with Crippen LogP contribution in [-0.2, 0) is 27.9 Å². The Morgan fingerprint density at radius 2 is 0.797 bits per heavy atom. The molecule has 0 heterocycles. The van der Waals surface area contributed by atoms with Crippen LogP contribution in [0.4, 0.5) is 37.7 Å². The standard InChI is InChI=1S/2C23H20F3NO.2ClH.Ti/c2*1-14-9-15(13-27-21-19(25)11-17(24)12-20(21)26)22(28)18(10-14)23(2,3)16-7-5-4-6-8-16;;;/h2*4-13,28H,1-3H3;2*1H;/q;;;;+2/p-2. The molecule has 0 aliphatic heterocycles. The molecule has 0 radical (unpaired) electrons. The van der Waals surface area contributed by atoms with E-state index in [4.69, 9.17) is 18.6 Å². The summed E-state index contributed by atoms with van der Waals surface area (Å²) >= 11 is -0.556. The van der Waals surface area contributed by atoms with Crippen molar-refractivity contribution < 1.29 is 53.6 Å². The molecule has 306 valence electrons. The Labute approximate surface area is 356 Å². The topological polar surface area (TPSA) is 65.2 Å². The van der Waals surface area contributed by atoms with Crippen molar-refractivity contribution in [2.45, 2.75) is 52.4 Å². The third kappa shape index (κ3) is 11.7. The van der Waals surface area contributed by atoms with E-state index >= 15 is 0 Å². The summed E-state index contributed by atoms with van der Waals surface area (Å²) in [6, 6.07) is 28.8. The van der Waals surface area contributed by atoms with Gasteiger partial charge in [0.1, 0.15) is 34.5 Å². The summed E-state index contributed by atoms with van der Waals surface area (Å²) in [5.74, 6) is -6.50. The van der Waals surface area contributed by atoms with Crippen molar-refractivity contribution in [3.05, 3.63) is 189 Å². The summed E-state index contributed by atoms with van der Waals surface area (Å²) in [7, 11) is 9.78. The molecule has 6 aromatic carbocycles. The van der Waals surface area contributed by atoms with E-state index in [1.165, 1.54) is 12.4 Å². The van der Waals surface area contributed by atoms with Crippen LogP contribution in [0.25, 0.3) is 0 Å². The minimum atomic E-state index is -1.11. The maximum atomic E-state index is 13.8. The molecule has 0 atom stereocenters. The second-order valence-corrected chi connectivity index (χ2v) is 17.1. The van der Waals surface area contributed by atoms with Gasteiger partial charge < -0.3 is 10.2 Å². The van der Waals surface area contributed by atoms with Crippen molar-refractivity contribution in [1.82, 2.24) is 0 Å². The van der Waals surface area contributed by atoms with E-state index in [0.29, 0.717) is 46.5 Å². The minimum absolute atomic E-state index is 0.0221. The fourth-order valence-electron chi connectivity index (χ4n) is 6.37. The van der Waals surface area contributed by atoms with E-state index in [1.807, 2.05) is 114 Å². The number of aliphatic imine (C=N–C) groups is 2. The van der Waals surface area contributed by atoms with E-state index in [0.717, 1.165) is 22.3 Å². The number of hydrogen-bond acceptors (Lipinski definition) is 4. The molecule has 4 nitrogen and oxygen atoms in total. The number of nitrogens with zero attached hydrogens (tertiary/aromatic N) is 2. The molecule has 59 heavy (non-hydrogen) atoms. The molecule has 0 spiro atoms. The molecule has 0 bridgehead atoms. The molecule has 6 aromatic rings. The van der Waals surface area contributed by atoms with Crippen LogP contribution in [0.3, 0.4) is 0 Å². The van der Waals surface area contributed by atoms with Crippen LogP contribution in [0.5, 0.6) is 11.5 Å². The number of phenols is 2. The first-order valence-corrected chi connectivity index (χ1v) is 22.2. The molecule has 13 heteroatoms. The fourth-order valence-corrected chi connectivity index (χ4v) is 6.37. The van der Waals surface area contributed by atoms with Crippen LogP contribution in [0, 0.1) is 48.8 Å². The van der Waals surface area contributed by atoms with Gasteiger partial charge >= 0.3 is 35.6 Å². The molecule has 0 saturated heterocycles. The molecule has 0 amide bonds. The van der Waals surface area contributed by atoms with Crippen molar-refractivity contribution >= 4 is 42.4 Å². The molecule has 0 unspecified atom stereocenters. The van der Waals surface area contributed by atoms with Crippen molar-refractivity contribution in [1.29, 1.82) is 0 Å². The number of aromatic hydroxyl groups is 2. The van der Waals surface area contributed by atoms with E-state index < -0.39 is 74.1 Å². The summed E-state index contributed by atoms with van der Waals surface area (Å²) in [4.78, 5) is 7.63. The van der Waals surface area contributed by atoms with Gasteiger partial charge in [-0.3, -0.25) is 0 Å². The maximum absolute atomic E-state index is 13.8. The number of rotatable bonds is 8. The molecule has 0 aromatic heterocycles. The number of phenolic OH excluding ortho intramolecular Hbond substituents is 2. The van der Waals surface area contributed by atoms with Gasteiger partial charge in [0.15, 0.2) is 23.3 Å². The van der Waals surface area contributed by atoms with Crippen LogP contribution in [0.1, 0.15) is 72.2 Å². The first-order chi connectivity index (χ1) is 27.8.